The van der Waals surface area contributed by atoms with Gasteiger partial charge < -0.3 is 14.2 Å². The van der Waals surface area contributed by atoms with Gasteiger partial charge in [-0.3, -0.25) is 9.78 Å². The number of imide groups is 1. The lowest BCUT2D eigenvalue weighted by Gasteiger charge is -2.29. The summed E-state index contributed by atoms with van der Waals surface area (Å²) < 4.78 is 16.1. The van der Waals surface area contributed by atoms with E-state index in [4.69, 9.17) is 14.2 Å². The molecule has 8 nitrogen and oxygen atoms in total. The van der Waals surface area contributed by atoms with E-state index in [-0.39, 0.29) is 18.7 Å². The average Bonchev–Trinajstić information content (AvgIpc) is 2.66. The molecule has 2 rings (SSSR count). The number of rotatable bonds is 5. The van der Waals surface area contributed by atoms with Crippen LogP contribution in [0.5, 0.6) is 0 Å². The van der Waals surface area contributed by atoms with Crippen molar-refractivity contribution < 1.29 is 28.6 Å². The third kappa shape index (κ3) is 8.04. The fraction of sp³-hybridized carbons (Fsp3) is 0.520. The summed E-state index contributed by atoms with van der Waals surface area (Å²) in [4.78, 5) is 43.8. The molecule has 0 aliphatic heterocycles. The van der Waals surface area contributed by atoms with Crippen LogP contribution in [0, 0.1) is 0 Å². The van der Waals surface area contributed by atoms with Gasteiger partial charge in [0.1, 0.15) is 11.2 Å². The van der Waals surface area contributed by atoms with Gasteiger partial charge in [-0.05, 0) is 78.5 Å². The quantitative estimate of drug-likeness (QED) is 0.419. The molecule has 0 radical (unpaired) electrons. The van der Waals surface area contributed by atoms with Crippen LogP contribution in [0.1, 0.15) is 72.6 Å². The van der Waals surface area contributed by atoms with Crippen molar-refractivity contribution >= 4 is 29.4 Å². The molecule has 1 aliphatic rings. The number of esters is 1. The molecular formula is C25H34N2O6. The smallest absolute Gasteiger partial charge is 0.424 e. The van der Waals surface area contributed by atoms with Crippen LogP contribution in [0.2, 0.25) is 0 Å². The van der Waals surface area contributed by atoms with Gasteiger partial charge >= 0.3 is 18.2 Å². The van der Waals surface area contributed by atoms with Crippen LogP contribution >= 0.6 is 0 Å². The second-order valence-corrected chi connectivity index (χ2v) is 9.63. The topological polar surface area (TPSA) is 95.0 Å². The van der Waals surface area contributed by atoms with Crippen LogP contribution in [-0.4, -0.2) is 40.9 Å². The van der Waals surface area contributed by atoms with Crippen LogP contribution < -0.4 is 4.90 Å². The predicted molar refractivity (Wildman–Crippen MR) is 126 cm³/mol. The van der Waals surface area contributed by atoms with Gasteiger partial charge in [0, 0.05) is 6.20 Å². The number of carbonyl (C=O) groups is 3. The van der Waals surface area contributed by atoms with Gasteiger partial charge in [-0.2, -0.15) is 4.90 Å². The van der Waals surface area contributed by atoms with Gasteiger partial charge in [0.15, 0.2) is 0 Å². The van der Waals surface area contributed by atoms with E-state index in [1.54, 1.807) is 60.7 Å². The summed E-state index contributed by atoms with van der Waals surface area (Å²) in [7, 11) is 0. The third-order valence-electron chi connectivity index (χ3n) is 4.24. The van der Waals surface area contributed by atoms with E-state index in [9.17, 15) is 14.4 Å². The summed E-state index contributed by atoms with van der Waals surface area (Å²) in [5, 5.41) is 0. The molecule has 0 fully saturated rings. The molecule has 1 aliphatic carbocycles. The van der Waals surface area contributed by atoms with Crippen molar-refractivity contribution in [2.45, 2.75) is 78.9 Å². The molecule has 0 saturated carbocycles. The molecule has 1 aromatic heterocycles. The van der Waals surface area contributed by atoms with Crippen LogP contribution in [0.15, 0.2) is 30.5 Å². The second kappa shape index (κ2) is 10.6. The predicted octanol–water partition coefficient (Wildman–Crippen LogP) is 5.60. The molecular weight excluding hydrogens is 424 g/mol. The van der Waals surface area contributed by atoms with Gasteiger partial charge in [-0.1, -0.05) is 18.2 Å². The molecule has 0 spiro atoms. The number of aromatic nitrogens is 1. The van der Waals surface area contributed by atoms with E-state index < -0.39 is 29.4 Å². The van der Waals surface area contributed by atoms with Crippen molar-refractivity contribution in [3.05, 3.63) is 41.7 Å². The van der Waals surface area contributed by atoms with E-state index in [1.807, 2.05) is 18.2 Å². The Kier molecular flexibility index (Phi) is 8.41. The number of pyridine rings is 1. The molecule has 2 amide bonds. The van der Waals surface area contributed by atoms with Gasteiger partial charge in [-0.15, -0.1) is 0 Å². The van der Waals surface area contributed by atoms with Crippen molar-refractivity contribution in [1.29, 1.82) is 0 Å². The lowest BCUT2D eigenvalue weighted by molar-refractivity contribution is -0.142. The molecule has 1 heterocycles. The summed E-state index contributed by atoms with van der Waals surface area (Å²) in [6, 6.07) is 1.58. The normalized spacial score (nSPS) is 13.7. The maximum atomic E-state index is 13.2. The largest absolute Gasteiger partial charge is 0.466 e. The minimum atomic E-state index is -0.895. The number of nitrogens with zero attached hydrogens (tertiary/aromatic N) is 2. The first-order valence-electron chi connectivity index (χ1n) is 11.1. The van der Waals surface area contributed by atoms with E-state index in [0.717, 1.165) is 23.3 Å². The van der Waals surface area contributed by atoms with E-state index >= 15 is 0 Å². The van der Waals surface area contributed by atoms with Crippen molar-refractivity contribution in [3.63, 3.8) is 0 Å². The number of anilines is 1. The summed E-state index contributed by atoms with van der Waals surface area (Å²) >= 11 is 0. The first-order chi connectivity index (χ1) is 15.3. The Bertz CT molecular complexity index is 923. The fourth-order valence-corrected chi connectivity index (χ4v) is 3.04. The summed E-state index contributed by atoms with van der Waals surface area (Å²) in [5.74, 6) is -0.434. The molecule has 0 aromatic carbocycles. The first kappa shape index (κ1) is 26.1. The van der Waals surface area contributed by atoms with Crippen LogP contribution in [-0.2, 0) is 25.4 Å². The molecule has 0 N–H and O–H groups in total. The Morgan fingerprint density at radius 3 is 2.09 bits per heavy atom. The minimum Gasteiger partial charge on any atom is -0.466 e. The van der Waals surface area contributed by atoms with Crippen LogP contribution in [0.3, 0.4) is 0 Å². The zero-order valence-corrected chi connectivity index (χ0v) is 20.6. The summed E-state index contributed by atoms with van der Waals surface area (Å²) in [5.41, 5.74) is 0.142. The van der Waals surface area contributed by atoms with E-state index in [2.05, 4.69) is 4.98 Å². The average molecular weight is 459 g/mol. The van der Waals surface area contributed by atoms with Gasteiger partial charge in [0.2, 0.25) is 0 Å². The van der Waals surface area contributed by atoms with Crippen molar-refractivity contribution in [2.75, 3.05) is 11.5 Å². The molecule has 0 bridgehead atoms. The Morgan fingerprint density at radius 1 is 1.00 bits per heavy atom. The zero-order chi connectivity index (χ0) is 24.8. The number of hydrogen-bond acceptors (Lipinski definition) is 7. The Morgan fingerprint density at radius 2 is 1.61 bits per heavy atom. The highest BCUT2D eigenvalue weighted by atomic mass is 16.6. The summed E-state index contributed by atoms with van der Waals surface area (Å²) in [6.45, 7) is 12.2. The maximum absolute atomic E-state index is 13.2. The van der Waals surface area contributed by atoms with Crippen LogP contribution in [0.4, 0.5) is 15.3 Å². The second-order valence-electron chi connectivity index (χ2n) is 9.63. The number of carbonyl (C=O) groups excluding carboxylic acids is 3. The molecule has 33 heavy (non-hydrogen) atoms. The molecule has 1 aromatic rings. The van der Waals surface area contributed by atoms with E-state index in [1.165, 1.54) is 0 Å². The van der Waals surface area contributed by atoms with Crippen molar-refractivity contribution in [1.82, 2.24) is 4.98 Å². The highest BCUT2D eigenvalue weighted by molar-refractivity contribution is 6.11. The number of allylic oxidation sites excluding steroid dienone is 4. The Hall–Kier alpha value is -3.16. The van der Waals surface area contributed by atoms with Crippen LogP contribution in [0.25, 0.3) is 5.57 Å². The van der Waals surface area contributed by atoms with Crippen molar-refractivity contribution in [3.8, 4) is 0 Å². The SMILES string of the molecule is CCOC(=O)Cc1cnc(C2=CCCC=C2)c(N(C(=O)OC(C)(C)C)C(=O)OC(C)(C)C)c1. The van der Waals surface area contributed by atoms with E-state index in [0.29, 0.717) is 11.3 Å². The Labute approximate surface area is 195 Å². The zero-order valence-electron chi connectivity index (χ0n) is 20.6. The number of amides is 2. The molecule has 0 saturated heterocycles. The standard InChI is InChI=1S/C25H34N2O6/c1-8-31-20(28)15-17-14-19(21(26-16-17)18-12-10-9-11-13-18)27(22(29)32-24(2,3)4)23(30)33-25(5,6)7/h10,12-14,16H,8-9,11,15H2,1-7H3. The fourth-order valence-electron chi connectivity index (χ4n) is 3.04. The maximum Gasteiger partial charge on any atom is 0.424 e. The van der Waals surface area contributed by atoms with Gasteiger partial charge in [0.25, 0.3) is 0 Å². The molecule has 180 valence electrons. The summed E-state index contributed by atoms with van der Waals surface area (Å²) in [6.07, 6.45) is 7.27. The molecule has 8 heteroatoms. The van der Waals surface area contributed by atoms with Gasteiger partial charge in [-0.25, -0.2) is 9.59 Å². The Balaban J connectivity index is 2.63. The first-order valence-corrected chi connectivity index (χ1v) is 11.1. The highest BCUT2D eigenvalue weighted by Gasteiger charge is 2.35. The minimum absolute atomic E-state index is 0.0561. The number of hydrogen-bond donors (Lipinski definition) is 0. The monoisotopic (exact) mass is 458 g/mol. The highest BCUT2D eigenvalue weighted by Crippen LogP contribution is 2.32. The molecule has 0 unspecified atom stereocenters. The number of ether oxygens (including phenoxy) is 3. The lowest BCUT2D eigenvalue weighted by Crippen LogP contribution is -2.44. The lowest BCUT2D eigenvalue weighted by atomic mass is 10.0. The molecule has 0 atom stereocenters. The third-order valence-corrected chi connectivity index (χ3v) is 4.24. The van der Waals surface area contributed by atoms with Gasteiger partial charge in [0.05, 0.1) is 24.4 Å². The van der Waals surface area contributed by atoms with Crippen molar-refractivity contribution in [2.24, 2.45) is 0 Å².